The van der Waals surface area contributed by atoms with Crippen molar-refractivity contribution in [3.8, 4) is 0 Å². The molecule has 0 radical (unpaired) electrons. The van der Waals surface area contributed by atoms with E-state index in [2.05, 4.69) is 11.6 Å². The van der Waals surface area contributed by atoms with Crippen LogP contribution < -0.4 is 5.32 Å². The Bertz CT molecular complexity index is 348. The maximum Gasteiger partial charge on any atom is 0.306 e. The largest absolute Gasteiger partial charge is 0.481 e. The summed E-state index contributed by atoms with van der Waals surface area (Å²) in [6.07, 6.45) is 8.65. The molecule has 0 aromatic rings. The molecule has 108 valence electrons. The van der Waals surface area contributed by atoms with Crippen LogP contribution in [-0.2, 0) is 9.59 Å². The highest BCUT2D eigenvalue weighted by atomic mass is 32.2. The highest BCUT2D eigenvalue weighted by Crippen LogP contribution is 2.32. The Hall–Kier alpha value is -0.710. The van der Waals surface area contributed by atoms with E-state index in [0.717, 1.165) is 12.8 Å². The van der Waals surface area contributed by atoms with Gasteiger partial charge in [0.25, 0.3) is 0 Å². The van der Waals surface area contributed by atoms with Gasteiger partial charge in [-0.05, 0) is 38.4 Å². The summed E-state index contributed by atoms with van der Waals surface area (Å²) in [4.78, 5) is 23.2. The van der Waals surface area contributed by atoms with Gasteiger partial charge in [-0.1, -0.05) is 12.8 Å². The lowest BCUT2D eigenvalue weighted by Crippen LogP contribution is -2.45. The standard InChI is InChI=1S/C14H23NO3S/c1-19-12-5-3-2-4-11(12)15-13(16)9-6-7-10(8-9)14(17)18/h9-12H,2-8H2,1H3,(H,15,16)(H,17,18). The second kappa shape index (κ2) is 6.64. The van der Waals surface area contributed by atoms with Crippen molar-refractivity contribution in [1.82, 2.24) is 5.32 Å². The zero-order chi connectivity index (χ0) is 13.8. The third-order valence-corrected chi connectivity index (χ3v) is 5.66. The van der Waals surface area contributed by atoms with Gasteiger partial charge in [0.2, 0.25) is 5.91 Å². The molecule has 0 saturated heterocycles. The van der Waals surface area contributed by atoms with Crippen LogP contribution in [0.25, 0.3) is 0 Å². The molecule has 4 nitrogen and oxygen atoms in total. The van der Waals surface area contributed by atoms with Gasteiger partial charge in [0, 0.05) is 17.2 Å². The fraction of sp³-hybridized carbons (Fsp3) is 0.857. The lowest BCUT2D eigenvalue weighted by atomic mass is 9.94. The van der Waals surface area contributed by atoms with Gasteiger partial charge in [-0.2, -0.15) is 11.8 Å². The van der Waals surface area contributed by atoms with E-state index in [4.69, 9.17) is 5.11 Å². The average molecular weight is 285 g/mol. The van der Waals surface area contributed by atoms with E-state index in [-0.39, 0.29) is 23.8 Å². The SMILES string of the molecule is CSC1CCCCC1NC(=O)C1CCC(C(=O)O)C1. The van der Waals surface area contributed by atoms with Gasteiger partial charge in [-0.3, -0.25) is 9.59 Å². The first-order chi connectivity index (χ1) is 9.11. The summed E-state index contributed by atoms with van der Waals surface area (Å²) < 4.78 is 0. The topological polar surface area (TPSA) is 66.4 Å². The average Bonchev–Trinajstić information content (AvgIpc) is 2.89. The molecule has 0 spiro atoms. The van der Waals surface area contributed by atoms with E-state index < -0.39 is 5.97 Å². The minimum absolute atomic E-state index is 0.0784. The number of amides is 1. The van der Waals surface area contributed by atoms with E-state index in [1.165, 1.54) is 19.3 Å². The molecule has 1 amide bonds. The lowest BCUT2D eigenvalue weighted by molar-refractivity contribution is -0.141. The highest BCUT2D eigenvalue weighted by molar-refractivity contribution is 7.99. The molecule has 2 rings (SSSR count). The molecule has 2 aliphatic rings. The van der Waals surface area contributed by atoms with Crippen molar-refractivity contribution in [3.05, 3.63) is 0 Å². The van der Waals surface area contributed by atoms with E-state index in [9.17, 15) is 9.59 Å². The molecule has 2 aliphatic carbocycles. The van der Waals surface area contributed by atoms with Crippen molar-refractivity contribution < 1.29 is 14.7 Å². The molecule has 0 bridgehead atoms. The second-order valence-corrected chi connectivity index (χ2v) is 6.80. The van der Waals surface area contributed by atoms with Gasteiger partial charge in [-0.25, -0.2) is 0 Å². The lowest BCUT2D eigenvalue weighted by Gasteiger charge is -2.31. The van der Waals surface area contributed by atoms with Crippen LogP contribution in [0.2, 0.25) is 0 Å². The second-order valence-electron chi connectivity index (χ2n) is 5.72. The third-order valence-electron chi connectivity index (χ3n) is 4.49. The fourth-order valence-electron chi connectivity index (χ4n) is 3.29. The van der Waals surface area contributed by atoms with Crippen LogP contribution in [0.3, 0.4) is 0 Å². The van der Waals surface area contributed by atoms with Gasteiger partial charge in [0.05, 0.1) is 5.92 Å². The maximum absolute atomic E-state index is 12.2. The summed E-state index contributed by atoms with van der Waals surface area (Å²) in [5, 5.41) is 12.7. The fourth-order valence-corrected chi connectivity index (χ4v) is 4.22. The minimum atomic E-state index is -0.755. The zero-order valence-electron chi connectivity index (χ0n) is 11.4. The number of carbonyl (C=O) groups excluding carboxylic acids is 1. The Balaban J connectivity index is 1.85. The molecular formula is C14H23NO3S. The summed E-state index contributed by atoms with van der Waals surface area (Å²) in [6, 6.07) is 0.278. The summed E-state index contributed by atoms with van der Waals surface area (Å²) in [6.45, 7) is 0. The van der Waals surface area contributed by atoms with E-state index in [1.807, 2.05) is 11.8 Å². The zero-order valence-corrected chi connectivity index (χ0v) is 12.2. The molecule has 0 aromatic heterocycles. The Morgan fingerprint density at radius 1 is 1.11 bits per heavy atom. The van der Waals surface area contributed by atoms with Crippen molar-refractivity contribution >= 4 is 23.6 Å². The van der Waals surface area contributed by atoms with Crippen molar-refractivity contribution in [3.63, 3.8) is 0 Å². The minimum Gasteiger partial charge on any atom is -0.481 e. The number of carboxylic acids is 1. The Labute approximate surface area is 118 Å². The normalized spacial score (nSPS) is 35.0. The molecule has 2 fully saturated rings. The number of thioether (sulfide) groups is 1. The van der Waals surface area contributed by atoms with Crippen molar-refractivity contribution in [2.75, 3.05) is 6.26 Å². The maximum atomic E-state index is 12.2. The van der Waals surface area contributed by atoms with Crippen LogP contribution in [0.15, 0.2) is 0 Å². The Morgan fingerprint density at radius 2 is 1.79 bits per heavy atom. The number of carboxylic acid groups (broad SMARTS) is 1. The monoisotopic (exact) mass is 285 g/mol. The molecular weight excluding hydrogens is 262 g/mol. The van der Waals surface area contributed by atoms with Crippen molar-refractivity contribution in [2.24, 2.45) is 11.8 Å². The molecule has 0 heterocycles. The van der Waals surface area contributed by atoms with Crippen LogP contribution in [0.1, 0.15) is 44.9 Å². The first-order valence-electron chi connectivity index (χ1n) is 7.17. The molecule has 5 heteroatoms. The molecule has 2 N–H and O–H groups in total. The van der Waals surface area contributed by atoms with Crippen molar-refractivity contribution in [1.29, 1.82) is 0 Å². The number of nitrogens with one attached hydrogen (secondary N) is 1. The molecule has 2 saturated carbocycles. The Morgan fingerprint density at radius 3 is 2.42 bits per heavy atom. The first kappa shape index (κ1) is 14.7. The molecule has 4 unspecified atom stereocenters. The van der Waals surface area contributed by atoms with Gasteiger partial charge >= 0.3 is 5.97 Å². The summed E-state index contributed by atoms with van der Waals surface area (Å²) in [7, 11) is 0. The van der Waals surface area contributed by atoms with Crippen LogP contribution in [-0.4, -0.2) is 34.5 Å². The Kier molecular flexibility index (Phi) is 5.13. The van der Waals surface area contributed by atoms with Gasteiger partial charge in [0.1, 0.15) is 0 Å². The third kappa shape index (κ3) is 3.65. The van der Waals surface area contributed by atoms with Crippen LogP contribution >= 0.6 is 11.8 Å². The number of hydrogen-bond donors (Lipinski definition) is 2. The summed E-state index contributed by atoms with van der Waals surface area (Å²) in [5.74, 6) is -1.09. The van der Waals surface area contributed by atoms with Crippen LogP contribution in [0.5, 0.6) is 0 Å². The van der Waals surface area contributed by atoms with E-state index >= 15 is 0 Å². The van der Waals surface area contributed by atoms with Gasteiger partial charge < -0.3 is 10.4 Å². The van der Waals surface area contributed by atoms with Crippen LogP contribution in [0, 0.1) is 11.8 Å². The number of rotatable bonds is 4. The van der Waals surface area contributed by atoms with Gasteiger partial charge in [0.15, 0.2) is 0 Å². The molecule has 4 atom stereocenters. The molecule has 0 aromatic carbocycles. The van der Waals surface area contributed by atoms with Crippen LogP contribution in [0.4, 0.5) is 0 Å². The van der Waals surface area contributed by atoms with Crippen molar-refractivity contribution in [2.45, 2.75) is 56.2 Å². The predicted octanol–water partition coefficient (Wildman–Crippen LogP) is 2.28. The first-order valence-corrected chi connectivity index (χ1v) is 8.46. The number of hydrogen-bond acceptors (Lipinski definition) is 3. The highest BCUT2D eigenvalue weighted by Gasteiger charge is 2.35. The summed E-state index contributed by atoms with van der Waals surface area (Å²) >= 11 is 1.83. The quantitative estimate of drug-likeness (QED) is 0.831. The smallest absolute Gasteiger partial charge is 0.306 e. The summed E-state index contributed by atoms with van der Waals surface area (Å²) in [5.41, 5.74) is 0. The number of carbonyl (C=O) groups is 2. The number of aliphatic carboxylic acids is 1. The van der Waals surface area contributed by atoms with Gasteiger partial charge in [-0.15, -0.1) is 0 Å². The molecule has 0 aliphatic heterocycles. The predicted molar refractivity (Wildman–Crippen MR) is 76.2 cm³/mol. The molecule has 19 heavy (non-hydrogen) atoms. The van der Waals surface area contributed by atoms with E-state index in [0.29, 0.717) is 18.1 Å². The van der Waals surface area contributed by atoms with E-state index in [1.54, 1.807) is 0 Å².